The van der Waals surface area contributed by atoms with E-state index in [1.165, 1.54) is 0 Å². The van der Waals surface area contributed by atoms with E-state index in [0.717, 1.165) is 22.3 Å². The van der Waals surface area contributed by atoms with Crippen molar-refractivity contribution in [2.24, 2.45) is 5.11 Å². The van der Waals surface area contributed by atoms with E-state index in [-0.39, 0.29) is 11.9 Å². The lowest BCUT2D eigenvalue weighted by Gasteiger charge is -2.04. The Bertz CT molecular complexity index is 1050. The molecule has 7 nitrogen and oxygen atoms in total. The van der Waals surface area contributed by atoms with Crippen molar-refractivity contribution < 1.29 is 4.86 Å². The highest BCUT2D eigenvalue weighted by Crippen LogP contribution is 2.20. The summed E-state index contributed by atoms with van der Waals surface area (Å²) in [5.41, 5.74) is 3.62. The van der Waals surface area contributed by atoms with Crippen molar-refractivity contribution in [2.75, 3.05) is 0 Å². The van der Waals surface area contributed by atoms with Crippen molar-refractivity contribution in [2.45, 2.75) is 0 Å². The summed E-state index contributed by atoms with van der Waals surface area (Å²) in [6.07, 6.45) is 6.40. The molecule has 4 rings (SSSR count). The number of nitrogens with zero attached hydrogens (tertiary/aromatic N) is 6. The van der Waals surface area contributed by atoms with Gasteiger partial charge < -0.3 is 5.21 Å². The molecule has 0 saturated carbocycles. The van der Waals surface area contributed by atoms with E-state index in [2.05, 4.69) is 25.1 Å². The molecule has 2 aromatic heterocycles. The van der Waals surface area contributed by atoms with Gasteiger partial charge in [-0.25, -0.2) is 9.97 Å². The third-order valence-electron chi connectivity index (χ3n) is 3.84. The minimum Gasteiger partial charge on any atom is -0.721 e. The third-order valence-corrected chi connectivity index (χ3v) is 3.84. The molecule has 0 amide bonds. The molecule has 2 aromatic carbocycles. The smallest absolute Gasteiger partial charge is 0.453 e. The lowest BCUT2D eigenvalue weighted by Crippen LogP contribution is -1.98. The van der Waals surface area contributed by atoms with Crippen LogP contribution in [0.2, 0.25) is 0 Å². The van der Waals surface area contributed by atoms with Crippen molar-refractivity contribution >= 4 is 11.9 Å². The normalized spacial score (nSPS) is 11.3. The molecule has 0 N–H and O–H groups in total. The first kappa shape index (κ1) is 16.5. The van der Waals surface area contributed by atoms with Gasteiger partial charge in [-0.15, -0.1) is 4.86 Å². The van der Waals surface area contributed by atoms with Crippen LogP contribution in [0.4, 0.5) is 11.9 Å². The average Bonchev–Trinajstić information content (AvgIpc) is 2.76. The van der Waals surface area contributed by atoms with Gasteiger partial charge in [0.1, 0.15) is 12.4 Å². The molecule has 0 bridgehead atoms. The Morgan fingerprint density at radius 3 is 1.52 bits per heavy atom. The van der Waals surface area contributed by atoms with E-state index >= 15 is 0 Å². The molecule has 130 valence electrons. The summed E-state index contributed by atoms with van der Waals surface area (Å²) >= 11 is 0. The molecule has 7 heteroatoms. The maximum Gasteiger partial charge on any atom is 0.453 e. The first-order valence-electron chi connectivity index (χ1n) is 8.23. The van der Waals surface area contributed by atoms with Crippen LogP contribution in [0.15, 0.2) is 90.6 Å². The fourth-order valence-electron chi connectivity index (χ4n) is 2.48. The SMILES string of the molecule is [O-]/[N+](=N\c1ncc(-c2ccccc2)cn1)c1ncc(-c2ccccc2)cn1. The van der Waals surface area contributed by atoms with Crippen molar-refractivity contribution in [3.05, 3.63) is 90.7 Å². The summed E-state index contributed by atoms with van der Waals surface area (Å²) in [6, 6.07) is 19.4. The molecular weight excluding hydrogens is 340 g/mol. The van der Waals surface area contributed by atoms with Crippen LogP contribution in [0.5, 0.6) is 0 Å². The van der Waals surface area contributed by atoms with E-state index in [0.29, 0.717) is 4.86 Å². The molecule has 0 fully saturated rings. The quantitative estimate of drug-likeness (QED) is 0.305. The second kappa shape index (κ2) is 7.49. The number of azo groups is 1. The van der Waals surface area contributed by atoms with Crippen LogP contribution < -0.4 is 0 Å². The minimum atomic E-state index is -0.0783. The van der Waals surface area contributed by atoms with Gasteiger partial charge in [0.2, 0.25) is 0 Å². The molecule has 0 aliphatic carbocycles. The van der Waals surface area contributed by atoms with Gasteiger partial charge in [0, 0.05) is 18.0 Å². The molecule has 0 radical (unpaired) electrons. The highest BCUT2D eigenvalue weighted by molar-refractivity contribution is 5.62. The van der Waals surface area contributed by atoms with E-state index in [4.69, 9.17) is 0 Å². The molecule has 0 saturated heterocycles. The molecule has 27 heavy (non-hydrogen) atoms. The summed E-state index contributed by atoms with van der Waals surface area (Å²) in [7, 11) is 0. The van der Waals surface area contributed by atoms with Gasteiger partial charge in [-0.1, -0.05) is 75.7 Å². The topological polar surface area (TPSA) is 90.0 Å². The summed E-state index contributed by atoms with van der Waals surface area (Å²) in [6.45, 7) is 0. The van der Waals surface area contributed by atoms with Crippen LogP contribution in [0.1, 0.15) is 0 Å². The first-order valence-corrected chi connectivity index (χ1v) is 8.23. The lowest BCUT2D eigenvalue weighted by atomic mass is 10.1. The predicted molar refractivity (Wildman–Crippen MR) is 100 cm³/mol. The molecule has 0 atom stereocenters. The fourth-order valence-corrected chi connectivity index (χ4v) is 2.48. The highest BCUT2D eigenvalue weighted by Gasteiger charge is 2.10. The second-order valence-corrected chi connectivity index (χ2v) is 5.65. The van der Waals surface area contributed by atoms with Gasteiger partial charge in [-0.05, 0) is 11.1 Å². The Kier molecular flexibility index (Phi) is 4.57. The van der Waals surface area contributed by atoms with Crippen LogP contribution >= 0.6 is 0 Å². The van der Waals surface area contributed by atoms with Crippen LogP contribution in [0.3, 0.4) is 0 Å². The summed E-state index contributed by atoms with van der Waals surface area (Å²) in [5, 5.41) is 16.0. The molecule has 2 heterocycles. The van der Waals surface area contributed by atoms with Gasteiger partial charge in [0.15, 0.2) is 0 Å². The Morgan fingerprint density at radius 1 is 0.593 bits per heavy atom. The van der Waals surface area contributed by atoms with Crippen LogP contribution in [-0.2, 0) is 0 Å². The fraction of sp³-hybridized carbons (Fsp3) is 0. The number of benzene rings is 2. The first-order chi connectivity index (χ1) is 13.3. The number of hydrogen-bond acceptors (Lipinski definition) is 6. The maximum absolute atomic E-state index is 12.2. The zero-order valence-corrected chi connectivity index (χ0v) is 14.2. The van der Waals surface area contributed by atoms with Gasteiger partial charge >= 0.3 is 5.95 Å². The molecular formula is C20H14N6O. The monoisotopic (exact) mass is 354 g/mol. The highest BCUT2D eigenvalue weighted by atomic mass is 16.5. The minimum absolute atomic E-state index is 0.0421. The van der Waals surface area contributed by atoms with Crippen molar-refractivity contribution in [1.82, 2.24) is 19.9 Å². The van der Waals surface area contributed by atoms with Gasteiger partial charge in [-0.2, -0.15) is 0 Å². The largest absolute Gasteiger partial charge is 0.721 e. The zero-order valence-electron chi connectivity index (χ0n) is 14.2. The molecule has 0 unspecified atom stereocenters. The van der Waals surface area contributed by atoms with Crippen LogP contribution in [0.25, 0.3) is 22.3 Å². The standard InChI is InChI=1S/C20H14N6O/c27-26(20-23-13-18(14-24-20)16-9-5-2-6-10-16)25-19-21-11-17(12-22-19)15-7-3-1-4-8-15/h1-14H/b26-25-. The van der Waals surface area contributed by atoms with Crippen molar-refractivity contribution in [1.29, 1.82) is 0 Å². The maximum atomic E-state index is 12.2. The lowest BCUT2D eigenvalue weighted by molar-refractivity contribution is -0.444. The second-order valence-electron chi connectivity index (χ2n) is 5.65. The average molecular weight is 354 g/mol. The summed E-state index contributed by atoms with van der Waals surface area (Å²) in [4.78, 5) is 16.7. The molecule has 0 spiro atoms. The Labute approximate surface area is 155 Å². The molecule has 0 aliphatic rings. The van der Waals surface area contributed by atoms with Crippen LogP contribution in [-0.4, -0.2) is 24.8 Å². The Morgan fingerprint density at radius 2 is 1.04 bits per heavy atom. The Balaban J connectivity index is 1.54. The molecule has 0 aliphatic heterocycles. The van der Waals surface area contributed by atoms with Gasteiger partial charge in [0.25, 0.3) is 5.95 Å². The predicted octanol–water partition coefficient (Wildman–Crippen LogP) is 4.53. The Hall–Kier alpha value is -4.00. The van der Waals surface area contributed by atoms with Crippen molar-refractivity contribution in [3.8, 4) is 22.3 Å². The summed E-state index contributed by atoms with van der Waals surface area (Å²) in [5.74, 6) is -0.0363. The summed E-state index contributed by atoms with van der Waals surface area (Å²) < 4.78 is 0. The van der Waals surface area contributed by atoms with Gasteiger partial charge in [0.05, 0.1) is 5.56 Å². The van der Waals surface area contributed by atoms with Gasteiger partial charge in [-0.3, -0.25) is 0 Å². The van der Waals surface area contributed by atoms with Crippen molar-refractivity contribution in [3.63, 3.8) is 0 Å². The third kappa shape index (κ3) is 3.82. The molecule has 4 aromatic rings. The number of aromatic nitrogens is 4. The van der Waals surface area contributed by atoms with Crippen LogP contribution in [0, 0.1) is 5.21 Å². The van der Waals surface area contributed by atoms with E-state index < -0.39 is 0 Å². The van der Waals surface area contributed by atoms with E-state index in [1.807, 2.05) is 60.7 Å². The zero-order chi connectivity index (χ0) is 18.5. The number of hydrogen-bond donors (Lipinski definition) is 0. The number of rotatable bonds is 4. The van der Waals surface area contributed by atoms with E-state index in [9.17, 15) is 5.21 Å². The van der Waals surface area contributed by atoms with E-state index in [1.54, 1.807) is 24.8 Å².